The van der Waals surface area contributed by atoms with Gasteiger partial charge in [-0.2, -0.15) is 0 Å². The molecule has 1 amide bonds. The SMILES string of the molecule is O=C(c1ccc(COc2ccccc2Br)cc1)N1CCN(Cc2ccccc2Cl)CC1. The molecule has 31 heavy (non-hydrogen) atoms. The van der Waals surface area contributed by atoms with Gasteiger partial charge < -0.3 is 9.64 Å². The molecule has 0 unspecified atom stereocenters. The van der Waals surface area contributed by atoms with Crippen LogP contribution in [-0.4, -0.2) is 41.9 Å². The summed E-state index contributed by atoms with van der Waals surface area (Å²) in [5, 5.41) is 0.796. The first kappa shape index (κ1) is 21.9. The quantitative estimate of drug-likeness (QED) is 0.440. The molecule has 6 heteroatoms. The van der Waals surface area contributed by atoms with E-state index in [9.17, 15) is 4.79 Å². The van der Waals surface area contributed by atoms with Crippen LogP contribution in [0.1, 0.15) is 21.5 Å². The molecule has 0 radical (unpaired) electrons. The highest BCUT2D eigenvalue weighted by atomic mass is 79.9. The number of benzene rings is 3. The Kier molecular flexibility index (Phi) is 7.28. The predicted molar refractivity (Wildman–Crippen MR) is 128 cm³/mol. The summed E-state index contributed by atoms with van der Waals surface area (Å²) >= 11 is 9.76. The maximum Gasteiger partial charge on any atom is 0.253 e. The summed E-state index contributed by atoms with van der Waals surface area (Å²) in [5.41, 5.74) is 2.87. The average Bonchev–Trinajstić information content (AvgIpc) is 2.80. The smallest absolute Gasteiger partial charge is 0.253 e. The molecule has 1 saturated heterocycles. The monoisotopic (exact) mass is 498 g/mol. The van der Waals surface area contributed by atoms with E-state index in [-0.39, 0.29) is 5.91 Å². The number of hydrogen-bond donors (Lipinski definition) is 0. The molecule has 3 aromatic carbocycles. The van der Waals surface area contributed by atoms with Gasteiger partial charge in [0.25, 0.3) is 5.91 Å². The lowest BCUT2D eigenvalue weighted by molar-refractivity contribution is 0.0628. The van der Waals surface area contributed by atoms with Crippen molar-refractivity contribution >= 4 is 33.4 Å². The number of ether oxygens (including phenoxy) is 1. The van der Waals surface area contributed by atoms with Crippen LogP contribution in [-0.2, 0) is 13.2 Å². The minimum Gasteiger partial charge on any atom is -0.488 e. The molecule has 4 rings (SSSR count). The third-order valence-electron chi connectivity index (χ3n) is 5.44. The van der Waals surface area contributed by atoms with Gasteiger partial charge in [-0.25, -0.2) is 0 Å². The summed E-state index contributed by atoms with van der Waals surface area (Å²) in [6.45, 7) is 4.39. The van der Waals surface area contributed by atoms with Gasteiger partial charge in [0, 0.05) is 43.3 Å². The van der Waals surface area contributed by atoms with Crippen LogP contribution in [0.15, 0.2) is 77.3 Å². The molecule has 0 saturated carbocycles. The van der Waals surface area contributed by atoms with Crippen LogP contribution in [0.2, 0.25) is 5.02 Å². The van der Waals surface area contributed by atoms with Crippen molar-refractivity contribution in [1.29, 1.82) is 0 Å². The highest BCUT2D eigenvalue weighted by molar-refractivity contribution is 9.10. The van der Waals surface area contributed by atoms with Crippen molar-refractivity contribution in [3.05, 3.63) is 99.0 Å². The minimum absolute atomic E-state index is 0.0793. The second-order valence-electron chi connectivity index (χ2n) is 7.58. The lowest BCUT2D eigenvalue weighted by Gasteiger charge is -2.35. The zero-order valence-corrected chi connectivity index (χ0v) is 19.5. The van der Waals surface area contributed by atoms with Crippen molar-refractivity contribution in [3.63, 3.8) is 0 Å². The van der Waals surface area contributed by atoms with Gasteiger partial charge >= 0.3 is 0 Å². The largest absolute Gasteiger partial charge is 0.488 e. The number of hydrogen-bond acceptors (Lipinski definition) is 3. The van der Waals surface area contributed by atoms with Gasteiger partial charge in [0.2, 0.25) is 0 Å². The molecule has 0 bridgehead atoms. The van der Waals surface area contributed by atoms with Gasteiger partial charge in [-0.1, -0.05) is 54.1 Å². The maximum absolute atomic E-state index is 12.9. The molecule has 0 spiro atoms. The normalized spacial score (nSPS) is 14.5. The van der Waals surface area contributed by atoms with E-state index in [0.29, 0.717) is 12.2 Å². The van der Waals surface area contributed by atoms with E-state index in [4.69, 9.17) is 16.3 Å². The number of nitrogens with zero attached hydrogens (tertiary/aromatic N) is 2. The number of carbonyl (C=O) groups is 1. The maximum atomic E-state index is 12.9. The number of carbonyl (C=O) groups excluding carboxylic acids is 1. The lowest BCUT2D eigenvalue weighted by Crippen LogP contribution is -2.48. The number of amides is 1. The van der Waals surface area contributed by atoms with Crippen LogP contribution in [0, 0.1) is 0 Å². The average molecular weight is 500 g/mol. The topological polar surface area (TPSA) is 32.8 Å². The zero-order valence-electron chi connectivity index (χ0n) is 17.1. The van der Waals surface area contributed by atoms with Gasteiger partial charge in [-0.3, -0.25) is 9.69 Å². The fourth-order valence-electron chi connectivity index (χ4n) is 3.63. The molecule has 0 aromatic heterocycles. The molecule has 1 aliphatic rings. The van der Waals surface area contributed by atoms with Crippen molar-refractivity contribution in [2.45, 2.75) is 13.2 Å². The van der Waals surface area contributed by atoms with Crippen LogP contribution in [0.4, 0.5) is 0 Å². The first-order valence-electron chi connectivity index (χ1n) is 10.3. The summed E-state index contributed by atoms with van der Waals surface area (Å²) in [4.78, 5) is 17.2. The Morgan fingerprint density at radius 3 is 2.29 bits per heavy atom. The number of rotatable bonds is 6. The Morgan fingerprint density at radius 2 is 1.58 bits per heavy atom. The van der Waals surface area contributed by atoms with E-state index >= 15 is 0 Å². The van der Waals surface area contributed by atoms with Crippen molar-refractivity contribution in [2.24, 2.45) is 0 Å². The third-order valence-corrected chi connectivity index (χ3v) is 6.47. The van der Waals surface area contributed by atoms with Crippen LogP contribution in [0.3, 0.4) is 0 Å². The van der Waals surface area contributed by atoms with Crippen LogP contribution >= 0.6 is 27.5 Å². The van der Waals surface area contributed by atoms with E-state index in [0.717, 1.165) is 59.1 Å². The van der Waals surface area contributed by atoms with Gasteiger partial charge in [0.05, 0.1) is 4.47 Å². The predicted octanol–water partition coefficient (Wildman–Crippen LogP) is 5.64. The molecular formula is C25H24BrClN2O2. The molecule has 0 N–H and O–H groups in total. The Hall–Kier alpha value is -2.34. The molecule has 160 valence electrons. The Labute approximate surface area is 196 Å². The van der Waals surface area contributed by atoms with Crippen molar-refractivity contribution in [2.75, 3.05) is 26.2 Å². The van der Waals surface area contributed by atoms with Gasteiger partial charge in [0.15, 0.2) is 0 Å². The summed E-state index contributed by atoms with van der Waals surface area (Å²) < 4.78 is 6.78. The fraction of sp³-hybridized carbons (Fsp3) is 0.240. The molecule has 1 heterocycles. The molecular weight excluding hydrogens is 476 g/mol. The fourth-order valence-corrected chi connectivity index (χ4v) is 4.22. The Balaban J connectivity index is 1.29. The van der Waals surface area contributed by atoms with Crippen molar-refractivity contribution < 1.29 is 9.53 Å². The second kappa shape index (κ2) is 10.3. The van der Waals surface area contributed by atoms with Gasteiger partial charge in [-0.05, 0) is 57.4 Å². The molecule has 0 atom stereocenters. The van der Waals surface area contributed by atoms with E-state index in [1.54, 1.807) is 0 Å². The molecule has 4 nitrogen and oxygen atoms in total. The minimum atomic E-state index is 0.0793. The lowest BCUT2D eigenvalue weighted by atomic mass is 10.1. The summed E-state index contributed by atoms with van der Waals surface area (Å²) in [5.74, 6) is 0.882. The van der Waals surface area contributed by atoms with Crippen LogP contribution in [0.5, 0.6) is 5.75 Å². The van der Waals surface area contributed by atoms with E-state index in [1.807, 2.05) is 71.6 Å². The van der Waals surface area contributed by atoms with Crippen LogP contribution < -0.4 is 4.74 Å². The number of para-hydroxylation sites is 1. The second-order valence-corrected chi connectivity index (χ2v) is 8.84. The molecule has 0 aliphatic carbocycles. The summed E-state index contributed by atoms with van der Waals surface area (Å²) in [7, 11) is 0. The van der Waals surface area contributed by atoms with Gasteiger partial charge in [-0.15, -0.1) is 0 Å². The highest BCUT2D eigenvalue weighted by Crippen LogP contribution is 2.25. The third kappa shape index (κ3) is 5.67. The number of halogens is 2. The standard InChI is InChI=1S/C25H24BrClN2O2/c26-22-6-2-4-8-24(22)31-18-19-9-11-20(12-10-19)25(30)29-15-13-28(14-16-29)17-21-5-1-3-7-23(21)27/h1-12H,13-18H2. The Bertz CT molecular complexity index is 1030. The van der Waals surface area contributed by atoms with E-state index < -0.39 is 0 Å². The molecule has 3 aromatic rings. The van der Waals surface area contributed by atoms with Crippen LogP contribution in [0.25, 0.3) is 0 Å². The summed E-state index contributed by atoms with van der Waals surface area (Å²) in [6.07, 6.45) is 0. The first-order chi connectivity index (χ1) is 15.1. The highest BCUT2D eigenvalue weighted by Gasteiger charge is 2.22. The summed E-state index contributed by atoms with van der Waals surface area (Å²) in [6, 6.07) is 23.4. The van der Waals surface area contributed by atoms with Gasteiger partial charge in [0.1, 0.15) is 12.4 Å². The van der Waals surface area contributed by atoms with Crippen molar-refractivity contribution in [1.82, 2.24) is 9.80 Å². The zero-order chi connectivity index (χ0) is 21.6. The molecule has 1 fully saturated rings. The molecule has 1 aliphatic heterocycles. The first-order valence-corrected chi connectivity index (χ1v) is 11.5. The van der Waals surface area contributed by atoms with E-state index in [2.05, 4.69) is 26.9 Å². The van der Waals surface area contributed by atoms with Crippen molar-refractivity contribution in [3.8, 4) is 5.75 Å². The van der Waals surface area contributed by atoms with E-state index in [1.165, 1.54) is 0 Å². The number of piperazine rings is 1. The Morgan fingerprint density at radius 1 is 0.903 bits per heavy atom.